The summed E-state index contributed by atoms with van der Waals surface area (Å²) in [7, 11) is 3.97. The lowest BCUT2D eigenvalue weighted by atomic mass is 10.8. The highest BCUT2D eigenvalue weighted by Crippen LogP contribution is 1.29. The molecule has 0 aromatic heterocycles. The molecule has 0 atom stereocenters. The fourth-order valence-electron chi connectivity index (χ4n) is 0. The predicted molar refractivity (Wildman–Crippen MR) is 26.6 cm³/mol. The first-order valence-corrected chi connectivity index (χ1v) is 0.655. The Morgan fingerprint density at radius 1 is 1.25 bits per heavy atom. The van der Waals surface area contributed by atoms with Gasteiger partial charge in [0, 0.05) is 0 Å². The van der Waals surface area contributed by atoms with Crippen LogP contribution in [0.5, 0.6) is 0 Å². The maximum absolute atomic E-state index is 4.14. The van der Waals surface area contributed by atoms with E-state index in [0.29, 0.717) is 0 Å². The monoisotopic (exact) mass is 96.0 g/mol. The van der Waals surface area contributed by atoms with Crippen LogP contribution in [0.25, 0.3) is 0 Å². The highest BCUT2D eigenvalue weighted by atomic mass is 35.5. The van der Waals surface area contributed by atoms with Gasteiger partial charge in [0.25, 0.3) is 0 Å². The zero-order chi connectivity index (χ0) is 2.00. The molecule has 0 spiro atoms. The molecule has 0 fully saturated rings. The lowest BCUT2D eigenvalue weighted by molar-refractivity contribution is 0.824. The van der Waals surface area contributed by atoms with Crippen LogP contribution in [0.1, 0.15) is 0 Å². The molecule has 2 radical (unpaired) electrons. The van der Waals surface area contributed by atoms with E-state index < -0.39 is 0 Å². The summed E-state index contributed by atoms with van der Waals surface area (Å²) in [6, 6.07) is 0. The van der Waals surface area contributed by atoms with Gasteiger partial charge in [0.05, 0.1) is 0 Å². The van der Waals surface area contributed by atoms with E-state index in [1.165, 1.54) is 0 Å². The van der Waals surface area contributed by atoms with E-state index in [9.17, 15) is 0 Å². The standard InChI is InChI=1S/BCl.H2O.H4Si/c1-2;;/h;1H2;1H4. The molecule has 0 aliphatic rings. The minimum atomic E-state index is 0. The molecule has 0 rings (SSSR count). The molecule has 2 N–H and O–H groups in total. The maximum atomic E-state index is 4.14. The summed E-state index contributed by atoms with van der Waals surface area (Å²) < 4.78 is 0. The molecular formula is H6BClOSi. The van der Waals surface area contributed by atoms with Crippen LogP contribution in [0.2, 0.25) is 0 Å². The second-order valence-electron chi connectivity index (χ2n) is 0. The van der Waals surface area contributed by atoms with Crippen LogP contribution in [0.4, 0.5) is 0 Å². The van der Waals surface area contributed by atoms with Gasteiger partial charge in [0.2, 0.25) is 7.26 Å². The lowest BCUT2D eigenvalue weighted by Crippen LogP contribution is -0.980. The number of hydrogen-bond acceptors (Lipinski definition) is 0. The first-order chi connectivity index (χ1) is 1.00. The van der Waals surface area contributed by atoms with E-state index in [0.717, 1.165) is 0 Å². The third-order valence-corrected chi connectivity index (χ3v) is 0. The smallest absolute Gasteiger partial charge is 0.214 e. The molecule has 0 aromatic carbocycles. The van der Waals surface area contributed by atoms with Gasteiger partial charge in [-0.15, -0.1) is 0 Å². The van der Waals surface area contributed by atoms with Crippen molar-refractivity contribution in [3.8, 4) is 0 Å². The normalized spacial score (nSPS) is 1.25. The van der Waals surface area contributed by atoms with Crippen LogP contribution in [-0.4, -0.2) is 23.7 Å². The Hall–Kier alpha value is 0.532. The second kappa shape index (κ2) is 80.0. The summed E-state index contributed by atoms with van der Waals surface area (Å²) >= 11 is 4.14. The topological polar surface area (TPSA) is 31.5 Å². The quantitative estimate of drug-likeness (QED) is 0.314. The predicted octanol–water partition coefficient (Wildman–Crippen LogP) is -1.97. The van der Waals surface area contributed by atoms with Crippen molar-refractivity contribution in [2.24, 2.45) is 0 Å². The molecule has 0 bridgehead atoms. The van der Waals surface area contributed by atoms with Gasteiger partial charge in [-0.25, -0.2) is 11.5 Å². The Balaban J connectivity index is -0.00000000500. The summed E-state index contributed by atoms with van der Waals surface area (Å²) in [5, 5.41) is 0. The van der Waals surface area contributed by atoms with E-state index in [-0.39, 0.29) is 16.4 Å². The Kier molecular flexibility index (Phi) is 482. The lowest BCUT2D eigenvalue weighted by Gasteiger charge is -1.02. The molecule has 0 aliphatic carbocycles. The van der Waals surface area contributed by atoms with Gasteiger partial charge >= 0.3 is 0 Å². The fraction of sp³-hybridized carbons (Fsp3) is 0. The van der Waals surface area contributed by atoms with Gasteiger partial charge in [-0.2, -0.15) is 0 Å². The molecular weight excluding hydrogens is 90.3 g/mol. The fourth-order valence-corrected chi connectivity index (χ4v) is 0. The van der Waals surface area contributed by atoms with Crippen LogP contribution in [0.15, 0.2) is 0 Å². The van der Waals surface area contributed by atoms with E-state index in [2.05, 4.69) is 18.7 Å². The van der Waals surface area contributed by atoms with E-state index in [1.54, 1.807) is 0 Å². The number of halogens is 1. The van der Waals surface area contributed by atoms with Gasteiger partial charge in [0.1, 0.15) is 0 Å². The molecule has 0 amide bonds. The summed E-state index contributed by atoms with van der Waals surface area (Å²) in [6.45, 7) is 0. The van der Waals surface area contributed by atoms with Crippen molar-refractivity contribution in [3.63, 3.8) is 0 Å². The maximum Gasteiger partial charge on any atom is 0.214 e. The Bertz CT molecular complexity index is 8.00. The van der Waals surface area contributed by atoms with Crippen molar-refractivity contribution in [2.75, 3.05) is 0 Å². The third kappa shape index (κ3) is 21.0. The van der Waals surface area contributed by atoms with Crippen LogP contribution in [0.3, 0.4) is 0 Å². The Labute approximate surface area is 36.0 Å². The molecule has 4 heteroatoms. The van der Waals surface area contributed by atoms with E-state index in [1.807, 2.05) is 0 Å². The van der Waals surface area contributed by atoms with Crippen molar-refractivity contribution in [3.05, 3.63) is 0 Å². The second-order valence-corrected chi connectivity index (χ2v) is 0. The first-order valence-electron chi connectivity index (χ1n) is 0.218. The molecule has 4 heavy (non-hydrogen) atoms. The summed E-state index contributed by atoms with van der Waals surface area (Å²) in [5.74, 6) is 0. The minimum absolute atomic E-state index is 0. The molecule has 0 saturated carbocycles. The Morgan fingerprint density at radius 2 is 1.25 bits per heavy atom. The highest BCUT2D eigenvalue weighted by Gasteiger charge is 1.02. The van der Waals surface area contributed by atoms with Gasteiger partial charge < -0.3 is 5.48 Å². The number of hydrogen-bond donors (Lipinski definition) is 0. The summed E-state index contributed by atoms with van der Waals surface area (Å²) in [4.78, 5) is 0. The number of rotatable bonds is 0. The summed E-state index contributed by atoms with van der Waals surface area (Å²) in [6.07, 6.45) is 0. The van der Waals surface area contributed by atoms with Gasteiger partial charge in [-0.1, -0.05) is 0 Å². The van der Waals surface area contributed by atoms with Crippen LogP contribution in [-0.2, 0) is 0 Å². The molecule has 0 aromatic rings. The molecule has 0 unspecified atom stereocenters. The van der Waals surface area contributed by atoms with Crippen molar-refractivity contribution in [2.45, 2.75) is 0 Å². The van der Waals surface area contributed by atoms with Crippen molar-refractivity contribution in [1.82, 2.24) is 0 Å². The van der Waals surface area contributed by atoms with E-state index in [4.69, 9.17) is 0 Å². The summed E-state index contributed by atoms with van der Waals surface area (Å²) in [5.41, 5.74) is 0. The van der Waals surface area contributed by atoms with E-state index >= 15 is 0 Å². The van der Waals surface area contributed by atoms with Crippen LogP contribution >= 0.6 is 11.5 Å². The largest absolute Gasteiger partial charge is 0.412 e. The third-order valence-electron chi connectivity index (χ3n) is 0. The zero-order valence-electron chi connectivity index (χ0n) is 1.46. The van der Waals surface area contributed by atoms with Crippen LogP contribution in [0, 0.1) is 0 Å². The average molecular weight is 96.4 g/mol. The van der Waals surface area contributed by atoms with Crippen molar-refractivity contribution in [1.29, 1.82) is 0 Å². The van der Waals surface area contributed by atoms with Gasteiger partial charge in [0.15, 0.2) is 0 Å². The minimum Gasteiger partial charge on any atom is -0.412 e. The first kappa shape index (κ1) is 24.1. The molecule has 0 heterocycles. The highest BCUT2D eigenvalue weighted by molar-refractivity contribution is 6.80. The van der Waals surface area contributed by atoms with Crippen molar-refractivity contribution < 1.29 is 5.48 Å². The Morgan fingerprint density at radius 3 is 1.25 bits per heavy atom. The average Bonchev–Trinajstić information content (AvgIpc) is 1.00. The van der Waals surface area contributed by atoms with Gasteiger partial charge in [-0.3, -0.25) is 0 Å². The molecule has 1 nitrogen and oxygen atoms in total. The molecule has 26 valence electrons. The van der Waals surface area contributed by atoms with Gasteiger partial charge in [-0.05, 0) is 11.0 Å². The van der Waals surface area contributed by atoms with Crippen LogP contribution < -0.4 is 0 Å². The zero-order valence-corrected chi connectivity index (χ0v) is 2.21. The SMILES string of the molecule is O.[B]Cl.[SiH4]. The molecule has 0 saturated heterocycles. The van der Waals surface area contributed by atoms with Crippen molar-refractivity contribution >= 4 is 29.7 Å². The molecule has 0 aliphatic heterocycles.